The normalized spacial score (nSPS) is 28.1. The first-order chi connectivity index (χ1) is 10.3. The second kappa shape index (κ2) is 6.16. The van der Waals surface area contributed by atoms with Crippen molar-refractivity contribution in [3.63, 3.8) is 0 Å². The van der Waals surface area contributed by atoms with Crippen molar-refractivity contribution in [1.29, 1.82) is 0 Å². The van der Waals surface area contributed by atoms with E-state index in [2.05, 4.69) is 0 Å². The Morgan fingerprint density at radius 1 is 1.32 bits per heavy atom. The van der Waals surface area contributed by atoms with Crippen LogP contribution in [0.3, 0.4) is 0 Å². The number of rotatable bonds is 6. The average molecular weight is 332 g/mol. The molecule has 1 aliphatic carbocycles. The van der Waals surface area contributed by atoms with Gasteiger partial charge in [0.05, 0.1) is 5.41 Å². The van der Waals surface area contributed by atoms with Crippen molar-refractivity contribution >= 4 is 21.9 Å². The molecule has 2 fully saturated rings. The summed E-state index contributed by atoms with van der Waals surface area (Å²) in [5, 5.41) is 9.51. The second-order valence-electron chi connectivity index (χ2n) is 6.17. The number of hydrogen-bond acceptors (Lipinski definition) is 4. The second-order valence-corrected chi connectivity index (χ2v) is 8.13. The van der Waals surface area contributed by atoms with Gasteiger partial charge in [0, 0.05) is 26.2 Å². The predicted molar refractivity (Wildman–Crippen MR) is 80.7 cm³/mol. The summed E-state index contributed by atoms with van der Waals surface area (Å²) in [4.78, 5) is 25.3. The highest BCUT2D eigenvalue weighted by Gasteiger charge is 2.55. The summed E-state index contributed by atoms with van der Waals surface area (Å²) in [5.41, 5.74) is -0.866. The number of carboxylic acids is 1. The van der Waals surface area contributed by atoms with Gasteiger partial charge in [0.25, 0.3) is 0 Å². The number of carbonyl (C=O) groups excluding carboxylic acids is 1. The van der Waals surface area contributed by atoms with E-state index < -0.39 is 33.1 Å². The summed E-state index contributed by atoms with van der Waals surface area (Å²) in [6, 6.07) is 0. The quantitative estimate of drug-likeness (QED) is 0.758. The standard InChI is InChI=1S/C14H24N2O5S/c1-3-16(4-2)22(20,21)9-12(17)15-8-11-6-5-7-14(11,10-15)13(18)19/h11H,3-10H2,1-2H3,(H,18,19)/t11-,14+/m0/s1. The minimum Gasteiger partial charge on any atom is -0.481 e. The zero-order valence-corrected chi connectivity index (χ0v) is 13.9. The maximum atomic E-state index is 12.3. The lowest BCUT2D eigenvalue weighted by atomic mass is 9.81. The highest BCUT2D eigenvalue weighted by molar-refractivity contribution is 7.89. The van der Waals surface area contributed by atoms with Crippen LogP contribution in [-0.2, 0) is 19.6 Å². The van der Waals surface area contributed by atoms with Crippen LogP contribution in [0.2, 0.25) is 0 Å². The van der Waals surface area contributed by atoms with Crippen LogP contribution in [0.5, 0.6) is 0 Å². The van der Waals surface area contributed by atoms with E-state index in [4.69, 9.17) is 0 Å². The van der Waals surface area contributed by atoms with Crippen LogP contribution in [-0.4, -0.2) is 66.5 Å². The fourth-order valence-corrected chi connectivity index (χ4v) is 5.25. The largest absolute Gasteiger partial charge is 0.481 e. The molecule has 1 aliphatic heterocycles. The third kappa shape index (κ3) is 2.86. The summed E-state index contributed by atoms with van der Waals surface area (Å²) in [5.74, 6) is -1.97. The van der Waals surface area contributed by atoms with Crippen LogP contribution < -0.4 is 0 Å². The van der Waals surface area contributed by atoms with Gasteiger partial charge >= 0.3 is 5.97 Å². The van der Waals surface area contributed by atoms with Gasteiger partial charge in [-0.05, 0) is 18.8 Å². The van der Waals surface area contributed by atoms with Gasteiger partial charge in [0.2, 0.25) is 15.9 Å². The summed E-state index contributed by atoms with van der Waals surface area (Å²) in [6.45, 7) is 4.61. The Labute approximate surface area is 131 Å². The van der Waals surface area contributed by atoms with E-state index in [-0.39, 0.29) is 12.5 Å². The van der Waals surface area contributed by atoms with Crippen molar-refractivity contribution in [1.82, 2.24) is 9.21 Å². The summed E-state index contributed by atoms with van der Waals surface area (Å²) < 4.78 is 25.6. The molecule has 1 saturated heterocycles. The molecule has 1 saturated carbocycles. The van der Waals surface area contributed by atoms with Crippen LogP contribution in [0, 0.1) is 11.3 Å². The van der Waals surface area contributed by atoms with E-state index in [1.807, 2.05) is 0 Å². The van der Waals surface area contributed by atoms with Gasteiger partial charge in [-0.1, -0.05) is 20.3 Å². The van der Waals surface area contributed by atoms with Gasteiger partial charge in [0.15, 0.2) is 0 Å². The van der Waals surface area contributed by atoms with E-state index in [9.17, 15) is 23.1 Å². The number of fused-ring (bicyclic) bond motifs is 1. The molecule has 0 aromatic carbocycles. The zero-order chi connectivity index (χ0) is 16.5. The topological polar surface area (TPSA) is 95.0 Å². The molecular formula is C14H24N2O5S. The molecular weight excluding hydrogens is 308 g/mol. The van der Waals surface area contributed by atoms with Crippen molar-refractivity contribution in [2.45, 2.75) is 33.1 Å². The third-order valence-electron chi connectivity index (χ3n) is 5.05. The SMILES string of the molecule is CCN(CC)S(=O)(=O)CC(=O)N1C[C@@H]2CCC[C@@]2(C(=O)O)C1. The fraction of sp³-hybridized carbons (Fsp3) is 0.857. The fourth-order valence-electron chi connectivity index (χ4n) is 3.78. The number of carbonyl (C=O) groups is 2. The molecule has 1 N–H and O–H groups in total. The maximum Gasteiger partial charge on any atom is 0.311 e. The Bertz CT molecular complexity index is 558. The summed E-state index contributed by atoms with van der Waals surface area (Å²) in [7, 11) is -3.63. The first kappa shape index (κ1) is 17.2. The first-order valence-electron chi connectivity index (χ1n) is 7.76. The van der Waals surface area contributed by atoms with Gasteiger partial charge in [0.1, 0.15) is 5.75 Å². The zero-order valence-electron chi connectivity index (χ0n) is 13.1. The van der Waals surface area contributed by atoms with Gasteiger partial charge in [-0.2, -0.15) is 0 Å². The van der Waals surface area contributed by atoms with Crippen LogP contribution in [0.15, 0.2) is 0 Å². The van der Waals surface area contributed by atoms with E-state index in [1.165, 1.54) is 9.21 Å². The van der Waals surface area contributed by atoms with E-state index in [0.717, 1.165) is 12.8 Å². The predicted octanol–water partition coefficient (Wildman–Crippen LogP) is 0.371. The van der Waals surface area contributed by atoms with Crippen molar-refractivity contribution in [3.8, 4) is 0 Å². The van der Waals surface area contributed by atoms with Gasteiger partial charge in [-0.15, -0.1) is 0 Å². The number of amides is 1. The maximum absolute atomic E-state index is 12.3. The molecule has 1 amide bonds. The molecule has 2 rings (SSSR count). The average Bonchev–Trinajstić information content (AvgIpc) is 2.96. The number of nitrogens with zero attached hydrogens (tertiary/aromatic N) is 2. The van der Waals surface area contributed by atoms with Crippen molar-refractivity contribution < 1.29 is 23.1 Å². The minimum atomic E-state index is -3.63. The Morgan fingerprint density at radius 3 is 2.45 bits per heavy atom. The molecule has 126 valence electrons. The molecule has 1 heterocycles. The number of sulfonamides is 1. The molecule has 2 aliphatic rings. The van der Waals surface area contributed by atoms with Gasteiger partial charge < -0.3 is 10.0 Å². The molecule has 2 atom stereocenters. The number of aliphatic carboxylic acids is 1. The summed E-state index contributed by atoms with van der Waals surface area (Å²) in [6.07, 6.45) is 2.22. The van der Waals surface area contributed by atoms with E-state index in [0.29, 0.717) is 26.1 Å². The molecule has 7 nitrogen and oxygen atoms in total. The van der Waals surface area contributed by atoms with Gasteiger partial charge in [-0.3, -0.25) is 9.59 Å². The highest BCUT2D eigenvalue weighted by Crippen LogP contribution is 2.48. The van der Waals surface area contributed by atoms with Crippen LogP contribution >= 0.6 is 0 Å². The number of likely N-dealkylation sites (tertiary alicyclic amines) is 1. The molecule has 0 unspecified atom stereocenters. The Hall–Kier alpha value is -1.15. The highest BCUT2D eigenvalue weighted by atomic mass is 32.2. The minimum absolute atomic E-state index is 0.0508. The van der Waals surface area contributed by atoms with Crippen LogP contribution in [0.1, 0.15) is 33.1 Å². The lowest BCUT2D eigenvalue weighted by Gasteiger charge is -2.24. The lowest BCUT2D eigenvalue weighted by molar-refractivity contribution is -0.149. The van der Waals surface area contributed by atoms with Gasteiger partial charge in [-0.25, -0.2) is 12.7 Å². The van der Waals surface area contributed by atoms with E-state index in [1.54, 1.807) is 13.8 Å². The first-order valence-corrected chi connectivity index (χ1v) is 9.36. The smallest absolute Gasteiger partial charge is 0.311 e. The molecule has 0 spiro atoms. The van der Waals surface area contributed by atoms with Crippen LogP contribution in [0.25, 0.3) is 0 Å². The monoisotopic (exact) mass is 332 g/mol. The molecule has 0 radical (unpaired) electrons. The number of carboxylic acid groups (broad SMARTS) is 1. The molecule has 0 bridgehead atoms. The Kier molecular flexibility index (Phi) is 4.81. The van der Waals surface area contributed by atoms with Crippen molar-refractivity contribution in [2.75, 3.05) is 31.9 Å². The Balaban J connectivity index is 2.08. The lowest BCUT2D eigenvalue weighted by Crippen LogP contribution is -2.42. The summed E-state index contributed by atoms with van der Waals surface area (Å²) >= 11 is 0. The Morgan fingerprint density at radius 2 is 1.95 bits per heavy atom. The number of hydrogen-bond donors (Lipinski definition) is 1. The van der Waals surface area contributed by atoms with Crippen molar-refractivity contribution in [2.24, 2.45) is 11.3 Å². The molecule has 22 heavy (non-hydrogen) atoms. The molecule has 8 heteroatoms. The molecule has 0 aromatic heterocycles. The van der Waals surface area contributed by atoms with Crippen molar-refractivity contribution in [3.05, 3.63) is 0 Å². The van der Waals surface area contributed by atoms with E-state index >= 15 is 0 Å². The third-order valence-corrected chi connectivity index (χ3v) is 6.97. The van der Waals surface area contributed by atoms with Crippen LogP contribution in [0.4, 0.5) is 0 Å². The molecule has 0 aromatic rings.